The summed E-state index contributed by atoms with van der Waals surface area (Å²) in [5, 5.41) is 0.833. The molecule has 0 aliphatic carbocycles. The van der Waals surface area contributed by atoms with Crippen LogP contribution in [0.3, 0.4) is 0 Å². The second kappa shape index (κ2) is 6.71. The van der Waals surface area contributed by atoms with Crippen LogP contribution < -0.4 is 5.73 Å². The minimum absolute atomic E-state index is 0.292. The summed E-state index contributed by atoms with van der Waals surface area (Å²) >= 11 is 6.30. The van der Waals surface area contributed by atoms with Gasteiger partial charge in [0.25, 0.3) is 0 Å². The highest BCUT2D eigenvalue weighted by atomic mass is 35.5. The standard InChI is InChI=1S/C15H23ClN2O/c1-11(14-5-3-4-6-15(14)16)18-8-7-13(19-2)9-12(18)10-17/h3-6,11-13H,7-10,17H2,1-2H3. The van der Waals surface area contributed by atoms with Crippen LogP contribution in [0.15, 0.2) is 24.3 Å². The lowest BCUT2D eigenvalue weighted by Gasteiger charge is -2.42. The quantitative estimate of drug-likeness (QED) is 0.923. The van der Waals surface area contributed by atoms with Crippen molar-refractivity contribution in [2.45, 2.75) is 38.0 Å². The molecule has 3 nitrogen and oxygen atoms in total. The highest BCUT2D eigenvalue weighted by molar-refractivity contribution is 6.31. The van der Waals surface area contributed by atoms with E-state index in [1.54, 1.807) is 7.11 Å². The molecule has 0 spiro atoms. The molecule has 1 aromatic rings. The summed E-state index contributed by atoms with van der Waals surface area (Å²) in [5.41, 5.74) is 7.11. The van der Waals surface area contributed by atoms with E-state index < -0.39 is 0 Å². The van der Waals surface area contributed by atoms with Crippen molar-refractivity contribution in [2.24, 2.45) is 5.73 Å². The predicted molar refractivity (Wildman–Crippen MR) is 79.4 cm³/mol. The van der Waals surface area contributed by atoms with E-state index in [0.29, 0.717) is 24.7 Å². The molecule has 106 valence electrons. The second-order valence-corrected chi connectivity index (χ2v) is 5.61. The summed E-state index contributed by atoms with van der Waals surface area (Å²) in [6.45, 7) is 3.87. The third kappa shape index (κ3) is 3.29. The Hall–Kier alpha value is -0.610. The van der Waals surface area contributed by atoms with Crippen molar-refractivity contribution in [1.82, 2.24) is 4.90 Å². The number of methoxy groups -OCH3 is 1. The molecule has 1 fully saturated rings. The van der Waals surface area contributed by atoms with Gasteiger partial charge in [-0.15, -0.1) is 0 Å². The summed E-state index contributed by atoms with van der Waals surface area (Å²) in [7, 11) is 1.78. The van der Waals surface area contributed by atoms with Crippen LogP contribution in [0.2, 0.25) is 5.02 Å². The number of ether oxygens (including phenoxy) is 1. The largest absolute Gasteiger partial charge is 0.381 e. The van der Waals surface area contributed by atoms with Crippen LogP contribution in [0.5, 0.6) is 0 Å². The molecule has 1 aliphatic rings. The summed E-state index contributed by atoms with van der Waals surface area (Å²) in [6.07, 6.45) is 2.40. The molecule has 19 heavy (non-hydrogen) atoms. The Balaban J connectivity index is 2.14. The molecule has 0 radical (unpaired) electrons. The fourth-order valence-corrected chi connectivity index (χ4v) is 3.27. The summed E-state index contributed by atoms with van der Waals surface area (Å²) < 4.78 is 5.47. The SMILES string of the molecule is COC1CCN(C(C)c2ccccc2Cl)C(CN)C1. The zero-order valence-corrected chi connectivity index (χ0v) is 12.4. The maximum atomic E-state index is 6.30. The molecule has 2 rings (SSSR count). The van der Waals surface area contributed by atoms with Gasteiger partial charge in [-0.1, -0.05) is 29.8 Å². The fraction of sp³-hybridized carbons (Fsp3) is 0.600. The maximum absolute atomic E-state index is 6.30. The molecule has 3 unspecified atom stereocenters. The average Bonchev–Trinajstić information content (AvgIpc) is 2.46. The van der Waals surface area contributed by atoms with Gasteiger partial charge in [0, 0.05) is 37.3 Å². The van der Waals surface area contributed by atoms with Gasteiger partial charge in [-0.3, -0.25) is 4.90 Å². The molecule has 0 amide bonds. The van der Waals surface area contributed by atoms with Crippen molar-refractivity contribution in [3.05, 3.63) is 34.9 Å². The highest BCUT2D eigenvalue weighted by Gasteiger charge is 2.31. The average molecular weight is 283 g/mol. The normalized spacial score (nSPS) is 26.3. The van der Waals surface area contributed by atoms with E-state index in [4.69, 9.17) is 22.1 Å². The lowest BCUT2D eigenvalue weighted by Crippen LogP contribution is -2.49. The minimum Gasteiger partial charge on any atom is -0.381 e. The maximum Gasteiger partial charge on any atom is 0.0599 e. The van der Waals surface area contributed by atoms with Crippen LogP contribution in [0.4, 0.5) is 0 Å². The predicted octanol–water partition coefficient (Wildman–Crippen LogP) is 2.84. The van der Waals surface area contributed by atoms with E-state index in [1.165, 1.54) is 5.56 Å². The number of hydrogen-bond acceptors (Lipinski definition) is 3. The second-order valence-electron chi connectivity index (χ2n) is 5.21. The Bertz CT molecular complexity index is 413. The van der Waals surface area contributed by atoms with Crippen LogP contribution in [0, 0.1) is 0 Å². The van der Waals surface area contributed by atoms with E-state index in [1.807, 2.05) is 18.2 Å². The van der Waals surface area contributed by atoms with Crippen LogP contribution in [-0.4, -0.2) is 37.2 Å². The third-order valence-electron chi connectivity index (χ3n) is 4.17. The van der Waals surface area contributed by atoms with E-state index >= 15 is 0 Å². The molecule has 4 heteroatoms. The van der Waals surface area contributed by atoms with Gasteiger partial charge in [0.15, 0.2) is 0 Å². The fourth-order valence-electron chi connectivity index (χ4n) is 2.98. The van der Waals surface area contributed by atoms with Crippen molar-refractivity contribution in [3.8, 4) is 0 Å². The van der Waals surface area contributed by atoms with Crippen molar-refractivity contribution in [2.75, 3.05) is 20.2 Å². The number of likely N-dealkylation sites (tertiary alicyclic amines) is 1. The van der Waals surface area contributed by atoms with E-state index in [9.17, 15) is 0 Å². The molecule has 1 saturated heterocycles. The molecule has 0 aromatic heterocycles. The van der Waals surface area contributed by atoms with Crippen molar-refractivity contribution in [1.29, 1.82) is 0 Å². The number of hydrogen-bond donors (Lipinski definition) is 1. The Kier molecular flexibility index (Phi) is 5.22. The first-order chi connectivity index (χ1) is 9.17. The first kappa shape index (κ1) is 14.8. The minimum atomic E-state index is 0.292. The summed E-state index contributed by atoms with van der Waals surface area (Å²) in [6, 6.07) is 8.72. The molecule has 0 bridgehead atoms. The number of nitrogens with zero attached hydrogens (tertiary/aromatic N) is 1. The topological polar surface area (TPSA) is 38.5 Å². The van der Waals surface area contributed by atoms with Gasteiger partial charge in [-0.05, 0) is 31.4 Å². The van der Waals surface area contributed by atoms with Crippen molar-refractivity contribution >= 4 is 11.6 Å². The Morgan fingerprint density at radius 2 is 2.21 bits per heavy atom. The number of benzene rings is 1. The number of rotatable bonds is 4. The number of piperidine rings is 1. The zero-order chi connectivity index (χ0) is 13.8. The van der Waals surface area contributed by atoms with Gasteiger partial charge in [0.1, 0.15) is 0 Å². The van der Waals surface area contributed by atoms with Gasteiger partial charge < -0.3 is 10.5 Å². The van der Waals surface area contributed by atoms with E-state index in [-0.39, 0.29) is 0 Å². The Morgan fingerprint density at radius 3 is 2.84 bits per heavy atom. The lowest BCUT2D eigenvalue weighted by molar-refractivity contribution is -0.00162. The van der Waals surface area contributed by atoms with Gasteiger partial charge in [-0.2, -0.15) is 0 Å². The van der Waals surface area contributed by atoms with Gasteiger partial charge in [0.05, 0.1) is 6.10 Å². The van der Waals surface area contributed by atoms with Crippen LogP contribution in [-0.2, 0) is 4.74 Å². The first-order valence-corrected chi connectivity index (χ1v) is 7.28. The van der Waals surface area contributed by atoms with E-state index in [2.05, 4.69) is 17.9 Å². The van der Waals surface area contributed by atoms with Gasteiger partial charge in [-0.25, -0.2) is 0 Å². The van der Waals surface area contributed by atoms with Crippen LogP contribution in [0.1, 0.15) is 31.4 Å². The van der Waals surface area contributed by atoms with Gasteiger partial charge in [0.2, 0.25) is 0 Å². The van der Waals surface area contributed by atoms with E-state index in [0.717, 1.165) is 24.4 Å². The molecular formula is C15H23ClN2O. The molecule has 2 N–H and O–H groups in total. The number of nitrogens with two attached hydrogens (primary N) is 1. The zero-order valence-electron chi connectivity index (χ0n) is 11.7. The van der Waals surface area contributed by atoms with Crippen molar-refractivity contribution < 1.29 is 4.74 Å². The Labute approximate surface area is 120 Å². The molecule has 3 atom stereocenters. The Morgan fingerprint density at radius 1 is 1.47 bits per heavy atom. The summed E-state index contributed by atoms with van der Waals surface area (Å²) in [4.78, 5) is 2.46. The molecule has 1 heterocycles. The van der Waals surface area contributed by atoms with Crippen molar-refractivity contribution in [3.63, 3.8) is 0 Å². The molecule has 1 aromatic carbocycles. The first-order valence-electron chi connectivity index (χ1n) is 6.90. The van der Waals surface area contributed by atoms with Crippen LogP contribution >= 0.6 is 11.6 Å². The molecule has 1 aliphatic heterocycles. The third-order valence-corrected chi connectivity index (χ3v) is 4.52. The lowest BCUT2D eigenvalue weighted by atomic mass is 9.95. The van der Waals surface area contributed by atoms with Gasteiger partial charge >= 0.3 is 0 Å². The summed E-state index contributed by atoms with van der Waals surface area (Å²) in [5.74, 6) is 0. The highest BCUT2D eigenvalue weighted by Crippen LogP contribution is 2.32. The molecule has 0 saturated carbocycles. The molecular weight excluding hydrogens is 260 g/mol. The smallest absolute Gasteiger partial charge is 0.0599 e. The number of halogens is 1. The van der Waals surface area contributed by atoms with Crippen LogP contribution in [0.25, 0.3) is 0 Å². The monoisotopic (exact) mass is 282 g/mol.